The highest BCUT2D eigenvalue weighted by Crippen LogP contribution is 2.24. The number of nitrogens with one attached hydrogen (secondary N) is 1. The molecular formula is C19H21N7O2S. The molecule has 29 heavy (non-hydrogen) atoms. The normalized spacial score (nSPS) is 14.9. The van der Waals surface area contributed by atoms with Crippen LogP contribution < -0.4 is 16.3 Å². The molecule has 10 heteroatoms. The van der Waals surface area contributed by atoms with Crippen molar-refractivity contribution in [1.82, 2.24) is 19.4 Å². The van der Waals surface area contributed by atoms with Gasteiger partial charge in [0.15, 0.2) is 16.3 Å². The summed E-state index contributed by atoms with van der Waals surface area (Å²) < 4.78 is 1.70. The van der Waals surface area contributed by atoms with Crippen molar-refractivity contribution in [1.29, 1.82) is 0 Å². The molecule has 0 radical (unpaired) electrons. The van der Waals surface area contributed by atoms with E-state index in [0.29, 0.717) is 15.5 Å². The van der Waals surface area contributed by atoms with Gasteiger partial charge in [-0.3, -0.25) is 14.2 Å². The third-order valence-electron chi connectivity index (χ3n) is 4.78. The van der Waals surface area contributed by atoms with Gasteiger partial charge in [0.05, 0.1) is 6.33 Å². The summed E-state index contributed by atoms with van der Waals surface area (Å²) in [6, 6.07) is 9.38. The van der Waals surface area contributed by atoms with E-state index in [1.165, 1.54) is 17.7 Å². The average molecular weight is 411 g/mol. The number of aromatic nitrogens is 3. The lowest BCUT2D eigenvalue weighted by molar-refractivity contribution is 0.0729. The number of anilines is 1. The van der Waals surface area contributed by atoms with Crippen molar-refractivity contribution in [3.05, 3.63) is 52.0 Å². The number of imidazole rings is 1. The number of nitrogen functional groups attached to an aromatic ring is 1. The Balaban J connectivity index is 1.87. The lowest BCUT2D eigenvalue weighted by Crippen LogP contribution is -2.35. The molecule has 1 aromatic carbocycles. The van der Waals surface area contributed by atoms with Crippen LogP contribution in [0.4, 0.5) is 11.6 Å². The number of carbonyl (C=O) groups is 2. The number of rotatable bonds is 4. The fourth-order valence-corrected chi connectivity index (χ4v) is 4.35. The van der Waals surface area contributed by atoms with Crippen LogP contribution in [0.3, 0.4) is 0 Å². The summed E-state index contributed by atoms with van der Waals surface area (Å²) in [7, 11) is 0. The number of piperidine rings is 1. The van der Waals surface area contributed by atoms with Gasteiger partial charge >= 0.3 is 0 Å². The van der Waals surface area contributed by atoms with Crippen LogP contribution in [0.25, 0.3) is 5.69 Å². The standard InChI is InChI=1S/C19H21N7O2S/c20-15-14(18(28)25-9-5-2-6-10-25)29-19(26(15)12-7-3-1-4-8-12)24-17-13(16(21)27)22-11-23-17/h1,3-4,7-8,11H,2,5-6,9-10,20H2,(H2,21,27)(H,22,23). The maximum atomic E-state index is 13.1. The molecule has 2 amide bonds. The van der Waals surface area contributed by atoms with Gasteiger partial charge in [-0.15, -0.1) is 0 Å². The van der Waals surface area contributed by atoms with Crippen LogP contribution in [0, 0.1) is 0 Å². The zero-order valence-corrected chi connectivity index (χ0v) is 16.5. The van der Waals surface area contributed by atoms with E-state index in [0.717, 1.165) is 38.0 Å². The number of hydrogen-bond acceptors (Lipinski definition) is 6. The monoisotopic (exact) mass is 411 g/mol. The number of amides is 2. The smallest absolute Gasteiger partial charge is 0.269 e. The lowest BCUT2D eigenvalue weighted by atomic mass is 10.1. The molecule has 1 saturated heterocycles. The molecule has 0 saturated carbocycles. The Morgan fingerprint density at radius 3 is 2.55 bits per heavy atom. The van der Waals surface area contributed by atoms with Gasteiger partial charge in [0.25, 0.3) is 11.8 Å². The maximum Gasteiger partial charge on any atom is 0.269 e. The molecule has 0 bridgehead atoms. The minimum atomic E-state index is -0.665. The summed E-state index contributed by atoms with van der Waals surface area (Å²) in [5.74, 6) is -0.302. The molecule has 1 aliphatic rings. The molecular weight excluding hydrogens is 390 g/mol. The first-order valence-corrected chi connectivity index (χ1v) is 10.1. The molecule has 3 aromatic rings. The quantitative estimate of drug-likeness (QED) is 0.603. The maximum absolute atomic E-state index is 13.1. The topological polar surface area (TPSA) is 135 Å². The predicted octanol–water partition coefficient (Wildman–Crippen LogP) is 1.80. The van der Waals surface area contributed by atoms with Crippen LogP contribution in [0.15, 0.2) is 41.7 Å². The first kappa shape index (κ1) is 18.9. The minimum Gasteiger partial charge on any atom is -0.383 e. The van der Waals surface area contributed by atoms with E-state index in [1.807, 2.05) is 35.2 Å². The van der Waals surface area contributed by atoms with E-state index in [2.05, 4.69) is 15.0 Å². The Kier molecular flexibility index (Phi) is 5.17. The van der Waals surface area contributed by atoms with Gasteiger partial charge in [0.1, 0.15) is 10.7 Å². The van der Waals surface area contributed by atoms with E-state index in [4.69, 9.17) is 11.5 Å². The molecule has 0 unspecified atom stereocenters. The van der Waals surface area contributed by atoms with Crippen molar-refractivity contribution < 1.29 is 9.59 Å². The minimum absolute atomic E-state index is 0.0977. The SMILES string of the molecule is NC(=O)c1[nH]cnc1N=c1sc(C(=O)N2CCCCC2)c(N)n1-c1ccccc1. The number of thiazole rings is 1. The van der Waals surface area contributed by atoms with Crippen LogP contribution in [0.1, 0.15) is 39.4 Å². The van der Waals surface area contributed by atoms with Gasteiger partial charge in [-0.2, -0.15) is 4.99 Å². The Bertz CT molecular complexity index is 1110. The molecule has 0 spiro atoms. The molecule has 2 aromatic heterocycles. The fourth-order valence-electron chi connectivity index (χ4n) is 3.33. The highest BCUT2D eigenvalue weighted by Gasteiger charge is 2.25. The number of primary amides is 1. The van der Waals surface area contributed by atoms with Crippen molar-refractivity contribution in [3.63, 3.8) is 0 Å². The first-order valence-electron chi connectivity index (χ1n) is 9.30. The zero-order chi connectivity index (χ0) is 20.4. The Labute approximate surface area is 170 Å². The number of para-hydroxylation sites is 1. The van der Waals surface area contributed by atoms with E-state index in [9.17, 15) is 9.59 Å². The lowest BCUT2D eigenvalue weighted by Gasteiger charge is -2.26. The number of H-pyrrole nitrogens is 1. The highest BCUT2D eigenvalue weighted by molar-refractivity contribution is 7.12. The van der Waals surface area contributed by atoms with Gasteiger partial charge in [-0.05, 0) is 31.4 Å². The molecule has 4 rings (SSSR count). The summed E-state index contributed by atoms with van der Waals surface area (Å²) in [6.07, 6.45) is 4.45. The fraction of sp³-hybridized carbons (Fsp3) is 0.263. The van der Waals surface area contributed by atoms with Crippen molar-refractivity contribution in [3.8, 4) is 5.69 Å². The second kappa shape index (κ2) is 7.92. The number of nitrogens with zero attached hydrogens (tertiary/aromatic N) is 4. The van der Waals surface area contributed by atoms with E-state index < -0.39 is 5.91 Å². The van der Waals surface area contributed by atoms with Crippen LogP contribution in [0.5, 0.6) is 0 Å². The second-order valence-corrected chi connectivity index (χ2v) is 7.68. The average Bonchev–Trinajstić information content (AvgIpc) is 3.33. The Morgan fingerprint density at radius 2 is 1.86 bits per heavy atom. The van der Waals surface area contributed by atoms with E-state index in [-0.39, 0.29) is 17.4 Å². The molecule has 1 fully saturated rings. The molecule has 0 aliphatic carbocycles. The largest absolute Gasteiger partial charge is 0.383 e. The summed E-state index contributed by atoms with van der Waals surface area (Å²) in [5, 5.41) is 0. The number of likely N-dealkylation sites (tertiary alicyclic amines) is 1. The second-order valence-electron chi connectivity index (χ2n) is 6.70. The van der Waals surface area contributed by atoms with Crippen LogP contribution >= 0.6 is 11.3 Å². The number of carbonyl (C=O) groups excluding carboxylic acids is 2. The molecule has 5 N–H and O–H groups in total. The van der Waals surface area contributed by atoms with Gasteiger partial charge in [0, 0.05) is 18.8 Å². The summed E-state index contributed by atoms with van der Waals surface area (Å²) in [6.45, 7) is 1.44. The van der Waals surface area contributed by atoms with Gasteiger partial charge in [0.2, 0.25) is 0 Å². The van der Waals surface area contributed by atoms with Gasteiger partial charge in [-0.25, -0.2) is 4.98 Å². The molecule has 150 valence electrons. The zero-order valence-electron chi connectivity index (χ0n) is 15.7. The van der Waals surface area contributed by atoms with Crippen LogP contribution in [-0.2, 0) is 0 Å². The van der Waals surface area contributed by atoms with Crippen LogP contribution in [-0.4, -0.2) is 44.3 Å². The molecule has 3 heterocycles. The first-order chi connectivity index (χ1) is 14.1. The van der Waals surface area contributed by atoms with Gasteiger partial charge in [-0.1, -0.05) is 29.5 Å². The highest BCUT2D eigenvalue weighted by atomic mass is 32.1. The van der Waals surface area contributed by atoms with Gasteiger partial charge < -0.3 is 21.4 Å². The summed E-state index contributed by atoms with van der Waals surface area (Å²) in [5.41, 5.74) is 12.7. The van der Waals surface area contributed by atoms with Crippen molar-refractivity contribution >= 4 is 34.8 Å². The summed E-state index contributed by atoms with van der Waals surface area (Å²) >= 11 is 1.18. The Hall–Kier alpha value is -3.40. The number of hydrogen-bond donors (Lipinski definition) is 3. The third-order valence-corrected chi connectivity index (χ3v) is 5.82. The number of benzene rings is 1. The molecule has 1 aliphatic heterocycles. The van der Waals surface area contributed by atoms with E-state index in [1.54, 1.807) is 4.57 Å². The number of nitrogens with two attached hydrogens (primary N) is 2. The van der Waals surface area contributed by atoms with Crippen molar-refractivity contribution in [2.45, 2.75) is 19.3 Å². The third kappa shape index (κ3) is 3.66. The van der Waals surface area contributed by atoms with Crippen molar-refractivity contribution in [2.75, 3.05) is 18.8 Å². The summed E-state index contributed by atoms with van der Waals surface area (Å²) in [4.78, 5) is 38.7. The molecule has 0 atom stereocenters. The van der Waals surface area contributed by atoms with Crippen LogP contribution in [0.2, 0.25) is 0 Å². The predicted molar refractivity (Wildman–Crippen MR) is 110 cm³/mol. The van der Waals surface area contributed by atoms with E-state index >= 15 is 0 Å². The van der Waals surface area contributed by atoms with Crippen molar-refractivity contribution in [2.24, 2.45) is 10.7 Å². The Morgan fingerprint density at radius 1 is 1.14 bits per heavy atom. The number of aromatic amines is 1. The molecule has 9 nitrogen and oxygen atoms in total.